The molecule has 4 N–H and O–H groups in total. The Morgan fingerprint density at radius 3 is 2.68 bits per heavy atom. The van der Waals surface area contributed by atoms with Crippen molar-refractivity contribution in [3.05, 3.63) is 34.9 Å². The molecular formula is C28H40N2O8. The maximum absolute atomic E-state index is 13.7. The van der Waals surface area contributed by atoms with E-state index in [2.05, 4.69) is 12.2 Å². The molecule has 0 spiro atoms. The van der Waals surface area contributed by atoms with Gasteiger partial charge in [0.15, 0.2) is 11.5 Å². The van der Waals surface area contributed by atoms with Crippen LogP contribution in [0.1, 0.15) is 56.1 Å². The van der Waals surface area contributed by atoms with Crippen molar-refractivity contribution < 1.29 is 39.1 Å². The first-order chi connectivity index (χ1) is 18.4. The van der Waals surface area contributed by atoms with Crippen LogP contribution in [-0.4, -0.2) is 90.3 Å². The molecule has 10 heteroatoms. The summed E-state index contributed by atoms with van der Waals surface area (Å²) in [6.45, 7) is 3.04. The van der Waals surface area contributed by atoms with Crippen LogP contribution in [0.4, 0.5) is 0 Å². The van der Waals surface area contributed by atoms with Gasteiger partial charge >= 0.3 is 0 Å². The van der Waals surface area contributed by atoms with Crippen molar-refractivity contribution in [2.45, 2.75) is 69.8 Å². The van der Waals surface area contributed by atoms with Crippen LogP contribution in [0.2, 0.25) is 0 Å². The Kier molecular flexibility index (Phi) is 9.64. The lowest BCUT2D eigenvalue weighted by atomic mass is 9.77. The number of carbonyl (C=O) groups excluding carboxylic acids is 2. The molecule has 4 rings (SSSR count). The number of methoxy groups -OCH3 is 1. The summed E-state index contributed by atoms with van der Waals surface area (Å²) in [6, 6.07) is 2.64. The number of amides is 2. The van der Waals surface area contributed by atoms with Gasteiger partial charge in [0.05, 0.1) is 44.8 Å². The van der Waals surface area contributed by atoms with Gasteiger partial charge in [-0.2, -0.15) is 0 Å². The average Bonchev–Trinajstić information content (AvgIpc) is 3.61. The van der Waals surface area contributed by atoms with Crippen molar-refractivity contribution in [3.8, 4) is 11.5 Å². The van der Waals surface area contributed by atoms with Crippen LogP contribution in [0, 0.1) is 5.92 Å². The van der Waals surface area contributed by atoms with Crippen LogP contribution >= 0.6 is 0 Å². The summed E-state index contributed by atoms with van der Waals surface area (Å²) in [5.41, 5.74) is 1.57. The quantitative estimate of drug-likeness (QED) is 0.295. The third-order valence-corrected chi connectivity index (χ3v) is 7.67. The molecule has 0 radical (unpaired) electrons. The van der Waals surface area contributed by atoms with E-state index in [4.69, 9.17) is 14.2 Å². The van der Waals surface area contributed by atoms with E-state index < -0.39 is 30.1 Å². The number of hydrogen-bond donors (Lipinski definition) is 4. The Bertz CT molecular complexity index is 1020. The van der Waals surface area contributed by atoms with Crippen molar-refractivity contribution in [2.24, 2.45) is 5.92 Å². The smallest absolute Gasteiger partial charge is 0.247 e. The highest BCUT2D eigenvalue weighted by atomic mass is 16.5. The molecule has 1 aromatic carbocycles. The molecule has 1 aliphatic carbocycles. The minimum atomic E-state index is -1.11. The molecule has 2 heterocycles. The second-order valence-corrected chi connectivity index (χ2v) is 10.2. The van der Waals surface area contributed by atoms with Crippen LogP contribution in [0.3, 0.4) is 0 Å². The number of fused-ring (bicyclic) bond motifs is 3. The molecule has 0 saturated carbocycles. The Morgan fingerprint density at radius 2 is 2.03 bits per heavy atom. The van der Waals surface area contributed by atoms with Gasteiger partial charge in [0.25, 0.3) is 0 Å². The molecular weight excluding hydrogens is 492 g/mol. The van der Waals surface area contributed by atoms with E-state index in [0.29, 0.717) is 54.4 Å². The zero-order valence-corrected chi connectivity index (χ0v) is 22.2. The van der Waals surface area contributed by atoms with Gasteiger partial charge in [-0.25, -0.2) is 0 Å². The summed E-state index contributed by atoms with van der Waals surface area (Å²) in [6.07, 6.45) is 4.18. The number of nitrogens with one attached hydrogen (secondary N) is 1. The lowest BCUT2D eigenvalue weighted by molar-refractivity contribution is -0.141. The third kappa shape index (κ3) is 5.68. The molecule has 38 heavy (non-hydrogen) atoms. The molecule has 210 valence electrons. The van der Waals surface area contributed by atoms with Gasteiger partial charge in [0.2, 0.25) is 11.8 Å². The summed E-state index contributed by atoms with van der Waals surface area (Å²) in [4.78, 5) is 28.8. The van der Waals surface area contributed by atoms with Crippen LogP contribution in [0.25, 0.3) is 0 Å². The van der Waals surface area contributed by atoms with Gasteiger partial charge < -0.3 is 39.7 Å². The maximum Gasteiger partial charge on any atom is 0.247 e. The number of ether oxygens (including phenoxy) is 3. The minimum absolute atomic E-state index is 0.0631. The van der Waals surface area contributed by atoms with Crippen LogP contribution in [0.5, 0.6) is 11.5 Å². The highest BCUT2D eigenvalue weighted by Crippen LogP contribution is 2.51. The second-order valence-electron chi connectivity index (χ2n) is 10.2. The van der Waals surface area contributed by atoms with Gasteiger partial charge in [-0.05, 0) is 36.6 Å². The predicted octanol–water partition coefficient (Wildman–Crippen LogP) is 1.26. The highest BCUT2D eigenvalue weighted by Gasteiger charge is 2.51. The second kappa shape index (κ2) is 12.9. The van der Waals surface area contributed by atoms with Crippen molar-refractivity contribution in [3.63, 3.8) is 0 Å². The number of unbranched alkanes of at least 4 members (excludes halogenated alkanes) is 3. The topological polar surface area (TPSA) is 138 Å². The van der Waals surface area contributed by atoms with E-state index in [0.717, 1.165) is 25.7 Å². The Balaban J connectivity index is 1.75. The molecule has 2 aliphatic heterocycles. The number of hydrogen-bond acceptors (Lipinski definition) is 8. The zero-order chi connectivity index (χ0) is 27.2. The number of aliphatic hydroxyl groups excluding tert-OH is 3. The monoisotopic (exact) mass is 532 g/mol. The van der Waals surface area contributed by atoms with Gasteiger partial charge in [0.1, 0.15) is 12.2 Å². The third-order valence-electron chi connectivity index (χ3n) is 7.67. The van der Waals surface area contributed by atoms with E-state index in [1.54, 1.807) is 23.1 Å². The molecule has 1 aromatic rings. The van der Waals surface area contributed by atoms with Gasteiger partial charge in [0, 0.05) is 30.8 Å². The Morgan fingerprint density at radius 1 is 1.21 bits per heavy atom. The van der Waals surface area contributed by atoms with Crippen molar-refractivity contribution in [2.75, 3.05) is 40.0 Å². The molecule has 3 aliphatic rings. The van der Waals surface area contributed by atoms with E-state index in [-0.39, 0.29) is 31.6 Å². The SMILES string of the molecule is CCCCCCN(C(=O)C1CCOC1)C1C=C(C(=O)NCCO)C2c3cc(CO)cc(OC)c3OC2C1O. The number of nitrogens with zero attached hydrogens (tertiary/aromatic N) is 1. The first-order valence-electron chi connectivity index (χ1n) is 13.6. The average molecular weight is 533 g/mol. The van der Waals surface area contributed by atoms with Crippen LogP contribution in [-0.2, 0) is 20.9 Å². The summed E-state index contributed by atoms with van der Waals surface area (Å²) >= 11 is 0. The molecule has 0 bridgehead atoms. The molecule has 1 saturated heterocycles. The maximum atomic E-state index is 13.7. The van der Waals surface area contributed by atoms with E-state index in [1.807, 2.05) is 0 Å². The van der Waals surface area contributed by atoms with Crippen molar-refractivity contribution >= 4 is 11.8 Å². The summed E-state index contributed by atoms with van der Waals surface area (Å²) < 4.78 is 17.3. The summed E-state index contributed by atoms with van der Waals surface area (Å²) in [5, 5.41) is 33.5. The lowest BCUT2D eigenvalue weighted by Gasteiger charge is -2.41. The van der Waals surface area contributed by atoms with Crippen molar-refractivity contribution in [1.29, 1.82) is 0 Å². The molecule has 2 amide bonds. The molecule has 5 atom stereocenters. The lowest BCUT2D eigenvalue weighted by Crippen LogP contribution is -2.57. The number of aliphatic hydroxyl groups is 3. The van der Waals surface area contributed by atoms with Gasteiger partial charge in [-0.15, -0.1) is 0 Å². The fraction of sp³-hybridized carbons (Fsp3) is 0.643. The fourth-order valence-electron chi connectivity index (χ4n) is 5.70. The molecule has 10 nitrogen and oxygen atoms in total. The van der Waals surface area contributed by atoms with Crippen LogP contribution in [0.15, 0.2) is 23.8 Å². The van der Waals surface area contributed by atoms with E-state index >= 15 is 0 Å². The Hall–Kier alpha value is -2.66. The van der Waals surface area contributed by atoms with E-state index in [9.17, 15) is 24.9 Å². The van der Waals surface area contributed by atoms with E-state index in [1.165, 1.54) is 7.11 Å². The first kappa shape index (κ1) is 28.4. The molecule has 0 aromatic heterocycles. The fourth-order valence-corrected chi connectivity index (χ4v) is 5.70. The Labute approximate surface area is 223 Å². The largest absolute Gasteiger partial charge is 0.493 e. The predicted molar refractivity (Wildman–Crippen MR) is 139 cm³/mol. The summed E-state index contributed by atoms with van der Waals surface area (Å²) in [5.74, 6) is -0.621. The number of carbonyl (C=O) groups is 2. The summed E-state index contributed by atoms with van der Waals surface area (Å²) in [7, 11) is 1.49. The highest BCUT2D eigenvalue weighted by molar-refractivity contribution is 5.96. The molecule has 1 fully saturated rings. The zero-order valence-electron chi connectivity index (χ0n) is 22.2. The van der Waals surface area contributed by atoms with Gasteiger partial charge in [-0.1, -0.05) is 26.2 Å². The first-order valence-corrected chi connectivity index (χ1v) is 13.6. The van der Waals surface area contributed by atoms with Crippen LogP contribution < -0.4 is 14.8 Å². The number of benzene rings is 1. The van der Waals surface area contributed by atoms with Crippen molar-refractivity contribution in [1.82, 2.24) is 10.2 Å². The normalized spacial score (nSPS) is 25.7. The molecule has 5 unspecified atom stereocenters. The van der Waals surface area contributed by atoms with Gasteiger partial charge in [-0.3, -0.25) is 9.59 Å². The minimum Gasteiger partial charge on any atom is -0.493 e. The standard InChI is InChI=1S/C28H40N2O8/c1-3-4-5-6-9-30(28(35)18-7-11-37-16-18)21-14-20(27(34)29-8-10-31)23-19-12-17(15-32)13-22(36-2)25(19)38-26(23)24(21)33/h12-14,18,21,23-24,26,31-33H,3-11,15-16H2,1-2H3,(H,29,34). The number of rotatable bonds is 12.